The maximum atomic E-state index is 13.2. The Hall–Kier alpha value is -1.85. The summed E-state index contributed by atoms with van der Waals surface area (Å²) in [6.07, 6.45) is 82.0. The number of amides is 1. The number of allylic oxidation sites excluding steroid dienone is 8. The van der Waals surface area contributed by atoms with Gasteiger partial charge < -0.3 is 40.3 Å². The summed E-state index contributed by atoms with van der Waals surface area (Å²) in [6, 6.07) is -0.718. The lowest BCUT2D eigenvalue weighted by Gasteiger charge is -2.40. The van der Waals surface area contributed by atoms with Crippen molar-refractivity contribution in [1.29, 1.82) is 0 Å². The van der Waals surface area contributed by atoms with Crippen molar-refractivity contribution in [2.75, 3.05) is 13.2 Å². The molecule has 7 atom stereocenters. The average Bonchev–Trinajstić information content (AvgIpc) is 3.66. The van der Waals surface area contributed by atoms with Crippen LogP contribution in [0.5, 0.6) is 0 Å². The Morgan fingerprint density at radius 3 is 1.08 bits per heavy atom. The van der Waals surface area contributed by atoms with Gasteiger partial charge in [-0.2, -0.15) is 0 Å². The molecule has 0 aromatic rings. The summed E-state index contributed by atoms with van der Waals surface area (Å²) in [4.78, 5) is 13.2. The van der Waals surface area contributed by atoms with Crippen LogP contribution < -0.4 is 5.32 Å². The van der Waals surface area contributed by atoms with E-state index in [1.807, 2.05) is 0 Å². The Bertz CT molecular complexity index is 1480. The van der Waals surface area contributed by atoms with Crippen LogP contribution in [0.25, 0.3) is 0 Å². The van der Waals surface area contributed by atoms with Crippen molar-refractivity contribution in [2.45, 2.75) is 416 Å². The molecule has 1 rings (SSSR count). The third-order valence-electron chi connectivity index (χ3n) is 17.9. The molecule has 0 aromatic carbocycles. The topological polar surface area (TPSA) is 149 Å². The molecule has 0 saturated carbocycles. The van der Waals surface area contributed by atoms with Crippen LogP contribution in [0, 0.1) is 0 Å². The van der Waals surface area contributed by atoms with E-state index in [1.165, 1.54) is 283 Å². The minimum atomic E-state index is -1.55. The molecule has 1 heterocycles. The molecule has 6 N–H and O–H groups in total. The van der Waals surface area contributed by atoms with Crippen molar-refractivity contribution < 1.29 is 39.8 Å². The quantitative estimate of drug-likeness (QED) is 0.0261. The van der Waals surface area contributed by atoms with E-state index in [9.17, 15) is 30.3 Å². The van der Waals surface area contributed by atoms with Crippen molar-refractivity contribution in [1.82, 2.24) is 5.32 Å². The number of carbonyl (C=O) groups is 1. The molecule has 0 aliphatic carbocycles. The first kappa shape index (κ1) is 81.2. The third kappa shape index (κ3) is 53.7. The summed E-state index contributed by atoms with van der Waals surface area (Å²) in [7, 11) is 0. The maximum Gasteiger partial charge on any atom is 0.220 e. The van der Waals surface area contributed by atoms with Gasteiger partial charge in [-0.25, -0.2) is 0 Å². The van der Waals surface area contributed by atoms with Crippen LogP contribution in [-0.2, 0) is 14.3 Å². The second-order valence-corrected chi connectivity index (χ2v) is 26.1. The molecule has 1 aliphatic heterocycles. The van der Waals surface area contributed by atoms with Crippen molar-refractivity contribution >= 4 is 5.91 Å². The van der Waals surface area contributed by atoms with Crippen LogP contribution >= 0.6 is 0 Å². The number of aliphatic hydroxyl groups is 5. The van der Waals surface area contributed by atoms with Crippen LogP contribution in [-0.4, -0.2) is 87.5 Å². The molecule has 0 aromatic heterocycles. The number of unbranched alkanes of at least 4 members (excludes halogenated alkanes) is 48. The smallest absolute Gasteiger partial charge is 0.220 e. The minimum absolute atomic E-state index is 0.133. The fraction of sp³-hybridized carbons (Fsp3) is 0.882. The highest BCUT2D eigenvalue weighted by Gasteiger charge is 2.44. The number of rotatable bonds is 66. The molecule has 9 heteroatoms. The zero-order valence-electron chi connectivity index (χ0n) is 56.1. The molecule has 85 heavy (non-hydrogen) atoms. The Kier molecular flexibility index (Phi) is 62.2. The molecule has 500 valence electrons. The van der Waals surface area contributed by atoms with Gasteiger partial charge in [0.1, 0.15) is 24.4 Å². The summed E-state index contributed by atoms with van der Waals surface area (Å²) in [5, 5.41) is 55.0. The summed E-state index contributed by atoms with van der Waals surface area (Å²) in [5.74, 6) is -0.135. The Balaban J connectivity index is 2.04. The van der Waals surface area contributed by atoms with Gasteiger partial charge in [-0.15, -0.1) is 0 Å². The highest BCUT2D eigenvalue weighted by Crippen LogP contribution is 2.24. The van der Waals surface area contributed by atoms with Crippen molar-refractivity contribution in [2.24, 2.45) is 0 Å². The molecule has 0 spiro atoms. The summed E-state index contributed by atoms with van der Waals surface area (Å²) in [5.41, 5.74) is 0. The van der Waals surface area contributed by atoms with Gasteiger partial charge >= 0.3 is 0 Å². The van der Waals surface area contributed by atoms with Crippen LogP contribution in [0.4, 0.5) is 0 Å². The van der Waals surface area contributed by atoms with Crippen molar-refractivity contribution in [3.05, 3.63) is 48.6 Å². The van der Waals surface area contributed by atoms with Crippen LogP contribution in [0.1, 0.15) is 373 Å². The molecule has 9 nitrogen and oxygen atoms in total. The largest absolute Gasteiger partial charge is 0.394 e. The Labute approximate surface area is 526 Å². The molecule has 1 amide bonds. The first-order chi connectivity index (χ1) is 41.8. The van der Waals surface area contributed by atoms with E-state index in [4.69, 9.17) is 9.47 Å². The van der Waals surface area contributed by atoms with Gasteiger partial charge in [0.2, 0.25) is 5.91 Å². The zero-order valence-corrected chi connectivity index (χ0v) is 56.1. The third-order valence-corrected chi connectivity index (χ3v) is 17.9. The molecular formula is C76H143NO8. The lowest BCUT2D eigenvalue weighted by Crippen LogP contribution is -2.60. The second-order valence-electron chi connectivity index (χ2n) is 26.1. The summed E-state index contributed by atoms with van der Waals surface area (Å²) < 4.78 is 11.4. The van der Waals surface area contributed by atoms with Gasteiger partial charge in [0.25, 0.3) is 0 Å². The summed E-state index contributed by atoms with van der Waals surface area (Å²) >= 11 is 0. The molecule has 1 aliphatic rings. The standard InChI is InChI=1S/C76H143NO8/c1-3-5-7-9-11-13-15-17-19-21-23-25-27-28-29-30-31-32-33-34-35-36-37-38-39-40-41-42-44-46-48-50-52-54-56-58-60-62-64-66-72(80)77-69(68-84-76-75(83)74(82)73(81)71(67-78)85-76)70(79)65-63-61-59-57-55-53-51-49-47-45-43-26-24-22-20-18-16-14-12-10-8-6-4-2/h5,7,11,13,17,19,23,25,69-71,73-76,78-79,81-83H,3-4,6,8-10,12,14-16,18,20-22,24,26-68H2,1-2H3,(H,77,80)/b7-5-,13-11-,19-17-,25-23-. The van der Waals surface area contributed by atoms with Gasteiger partial charge in [-0.1, -0.05) is 364 Å². The fourth-order valence-corrected chi connectivity index (χ4v) is 12.2. The van der Waals surface area contributed by atoms with Gasteiger partial charge in [-0.05, 0) is 51.4 Å². The Morgan fingerprint density at radius 2 is 0.729 bits per heavy atom. The molecule has 0 radical (unpaired) electrons. The maximum absolute atomic E-state index is 13.2. The first-order valence-electron chi connectivity index (χ1n) is 37.3. The number of aliphatic hydroxyl groups excluding tert-OH is 5. The van der Waals surface area contributed by atoms with Gasteiger partial charge in [0.05, 0.1) is 25.4 Å². The van der Waals surface area contributed by atoms with Gasteiger partial charge in [-0.3, -0.25) is 4.79 Å². The second kappa shape index (κ2) is 65.1. The summed E-state index contributed by atoms with van der Waals surface area (Å²) in [6.45, 7) is 3.78. The molecular weight excluding hydrogens is 1050 g/mol. The lowest BCUT2D eigenvalue weighted by molar-refractivity contribution is -0.302. The average molecular weight is 1200 g/mol. The number of nitrogens with one attached hydrogen (secondary N) is 1. The molecule has 7 unspecified atom stereocenters. The molecule has 1 fully saturated rings. The van der Waals surface area contributed by atoms with E-state index in [-0.39, 0.29) is 12.5 Å². The minimum Gasteiger partial charge on any atom is -0.394 e. The number of hydrogen-bond donors (Lipinski definition) is 6. The zero-order chi connectivity index (χ0) is 61.4. The van der Waals surface area contributed by atoms with E-state index >= 15 is 0 Å². The van der Waals surface area contributed by atoms with Crippen LogP contribution in [0.3, 0.4) is 0 Å². The van der Waals surface area contributed by atoms with E-state index in [2.05, 4.69) is 67.8 Å². The van der Waals surface area contributed by atoms with Crippen LogP contribution in [0.15, 0.2) is 48.6 Å². The normalized spacial score (nSPS) is 18.3. The number of ether oxygens (including phenoxy) is 2. The molecule has 1 saturated heterocycles. The first-order valence-corrected chi connectivity index (χ1v) is 37.3. The van der Waals surface area contributed by atoms with Gasteiger partial charge in [0, 0.05) is 6.42 Å². The predicted octanol–water partition coefficient (Wildman–Crippen LogP) is 20.8. The highest BCUT2D eigenvalue weighted by atomic mass is 16.7. The molecule has 0 bridgehead atoms. The van der Waals surface area contributed by atoms with E-state index in [0.29, 0.717) is 12.8 Å². The van der Waals surface area contributed by atoms with E-state index in [0.717, 1.165) is 64.2 Å². The van der Waals surface area contributed by atoms with Gasteiger partial charge in [0.15, 0.2) is 6.29 Å². The van der Waals surface area contributed by atoms with Crippen molar-refractivity contribution in [3.63, 3.8) is 0 Å². The number of carbonyl (C=O) groups excluding carboxylic acids is 1. The predicted molar refractivity (Wildman–Crippen MR) is 364 cm³/mol. The lowest BCUT2D eigenvalue weighted by atomic mass is 9.99. The fourth-order valence-electron chi connectivity index (χ4n) is 12.2. The van der Waals surface area contributed by atoms with Crippen LogP contribution in [0.2, 0.25) is 0 Å². The SMILES string of the molecule is CC/C=C\C/C=C\C/C=C\C/C=C\CCCCCCCCCCCCCCCCCCCCCCCCCCCCC(=O)NC(COC1OC(CO)C(O)C(O)C1O)C(O)CCCCCCCCCCCCCCCCCCCCCCCCC. The monoisotopic (exact) mass is 1200 g/mol. The number of hydrogen-bond acceptors (Lipinski definition) is 8. The van der Waals surface area contributed by atoms with E-state index < -0.39 is 49.5 Å². The Morgan fingerprint density at radius 1 is 0.412 bits per heavy atom. The van der Waals surface area contributed by atoms with Crippen molar-refractivity contribution in [3.8, 4) is 0 Å². The van der Waals surface area contributed by atoms with E-state index in [1.54, 1.807) is 0 Å². The highest BCUT2D eigenvalue weighted by molar-refractivity contribution is 5.76.